The highest BCUT2D eigenvalue weighted by atomic mass is 32.2. The number of rotatable bonds is 9. The predicted octanol–water partition coefficient (Wildman–Crippen LogP) is 3.58. The van der Waals surface area contributed by atoms with Crippen LogP contribution >= 0.6 is 24.0 Å². The van der Waals surface area contributed by atoms with E-state index in [2.05, 4.69) is 10.3 Å². The van der Waals surface area contributed by atoms with Gasteiger partial charge in [-0.3, -0.25) is 14.5 Å². The standard InChI is InChI=1S/C25H23N3O5S2/c1-33-17-8-6-15(7-9-17)12-21-23(30)28(25(34)35-21)11-10-22(29)27-20(24(31)32)13-16-14-26-19-5-3-2-4-18(16)19/h2-9,12,14,20,26H,10-11,13H2,1H3,(H,27,29)(H,31,32)/b21-12-. The third-order valence-corrected chi connectivity index (χ3v) is 6.96. The number of nitrogens with zero attached hydrogens (tertiary/aromatic N) is 1. The number of aromatic nitrogens is 1. The fraction of sp³-hybridized carbons (Fsp3) is 0.200. The quantitative estimate of drug-likeness (QED) is 0.299. The summed E-state index contributed by atoms with van der Waals surface area (Å²) >= 11 is 6.50. The van der Waals surface area contributed by atoms with Crippen LogP contribution in [0.15, 0.2) is 59.6 Å². The molecule has 180 valence electrons. The molecule has 0 spiro atoms. The summed E-state index contributed by atoms with van der Waals surface area (Å²) in [4.78, 5) is 42.1. The van der Waals surface area contributed by atoms with Gasteiger partial charge >= 0.3 is 5.97 Å². The van der Waals surface area contributed by atoms with Crippen LogP contribution in [0.4, 0.5) is 0 Å². The fourth-order valence-corrected chi connectivity index (χ4v) is 5.05. The largest absolute Gasteiger partial charge is 0.497 e. The number of hydrogen-bond acceptors (Lipinski definition) is 6. The average Bonchev–Trinajstić information content (AvgIpc) is 3.37. The Kier molecular flexibility index (Phi) is 7.52. The number of carbonyl (C=O) groups excluding carboxylic acids is 2. The highest BCUT2D eigenvalue weighted by Crippen LogP contribution is 2.32. The number of para-hydroxylation sites is 1. The number of thioether (sulfide) groups is 1. The van der Waals surface area contributed by atoms with Crippen LogP contribution in [0, 0.1) is 0 Å². The first-order valence-electron chi connectivity index (χ1n) is 10.8. The Labute approximate surface area is 211 Å². The average molecular weight is 510 g/mol. The fourth-order valence-electron chi connectivity index (χ4n) is 3.74. The third kappa shape index (κ3) is 5.72. The van der Waals surface area contributed by atoms with Crippen LogP contribution in [0.3, 0.4) is 0 Å². The van der Waals surface area contributed by atoms with E-state index in [9.17, 15) is 19.5 Å². The van der Waals surface area contributed by atoms with Gasteiger partial charge < -0.3 is 20.1 Å². The zero-order valence-electron chi connectivity index (χ0n) is 18.8. The molecule has 8 nitrogen and oxygen atoms in total. The Balaban J connectivity index is 1.36. The Morgan fingerprint density at radius 3 is 2.69 bits per heavy atom. The van der Waals surface area contributed by atoms with Gasteiger partial charge in [0.15, 0.2) is 0 Å². The lowest BCUT2D eigenvalue weighted by Crippen LogP contribution is -2.43. The highest BCUT2D eigenvalue weighted by molar-refractivity contribution is 8.26. The van der Waals surface area contributed by atoms with E-state index in [-0.39, 0.29) is 25.3 Å². The number of carbonyl (C=O) groups is 3. The maximum atomic E-state index is 12.8. The van der Waals surface area contributed by atoms with E-state index in [1.807, 2.05) is 36.4 Å². The highest BCUT2D eigenvalue weighted by Gasteiger charge is 2.32. The smallest absolute Gasteiger partial charge is 0.326 e. The minimum atomic E-state index is -1.13. The monoisotopic (exact) mass is 509 g/mol. The number of nitrogens with one attached hydrogen (secondary N) is 2. The van der Waals surface area contributed by atoms with E-state index in [1.54, 1.807) is 31.5 Å². The van der Waals surface area contributed by atoms with E-state index in [4.69, 9.17) is 17.0 Å². The lowest BCUT2D eigenvalue weighted by atomic mass is 10.0. The molecule has 3 aromatic rings. The van der Waals surface area contributed by atoms with Crippen LogP contribution in [-0.4, -0.2) is 56.8 Å². The first kappa shape index (κ1) is 24.5. The van der Waals surface area contributed by atoms with Crippen LogP contribution in [0.5, 0.6) is 5.75 Å². The molecule has 0 bridgehead atoms. The number of ether oxygens (including phenoxy) is 1. The van der Waals surface area contributed by atoms with E-state index >= 15 is 0 Å². The first-order valence-corrected chi connectivity index (χ1v) is 12.0. The number of aliphatic carboxylic acids is 1. The molecule has 10 heteroatoms. The second-order valence-electron chi connectivity index (χ2n) is 7.88. The molecule has 2 heterocycles. The van der Waals surface area contributed by atoms with Crippen molar-refractivity contribution in [2.75, 3.05) is 13.7 Å². The van der Waals surface area contributed by atoms with Gasteiger partial charge in [-0.15, -0.1) is 0 Å². The van der Waals surface area contributed by atoms with Crippen molar-refractivity contribution in [2.45, 2.75) is 18.9 Å². The van der Waals surface area contributed by atoms with Crippen molar-refractivity contribution in [3.05, 3.63) is 70.8 Å². The number of fused-ring (bicyclic) bond motifs is 1. The van der Waals surface area contributed by atoms with E-state index in [0.717, 1.165) is 22.0 Å². The van der Waals surface area contributed by atoms with Crippen molar-refractivity contribution in [3.63, 3.8) is 0 Å². The maximum Gasteiger partial charge on any atom is 0.326 e. The molecule has 1 saturated heterocycles. The molecule has 1 aliphatic rings. The molecule has 1 aromatic heterocycles. The van der Waals surface area contributed by atoms with Crippen LogP contribution in [0.1, 0.15) is 17.5 Å². The van der Waals surface area contributed by atoms with Gasteiger partial charge in [-0.2, -0.15) is 0 Å². The number of methoxy groups -OCH3 is 1. The van der Waals surface area contributed by atoms with Crippen molar-refractivity contribution < 1.29 is 24.2 Å². The number of carboxylic acids is 1. The molecule has 1 fully saturated rings. The summed E-state index contributed by atoms with van der Waals surface area (Å²) < 4.78 is 5.50. The summed E-state index contributed by atoms with van der Waals surface area (Å²) in [6.07, 6.45) is 3.55. The molecule has 2 aromatic carbocycles. The molecule has 0 radical (unpaired) electrons. The van der Waals surface area contributed by atoms with Crippen LogP contribution in [-0.2, 0) is 20.8 Å². The van der Waals surface area contributed by atoms with Gasteiger partial charge in [-0.25, -0.2) is 4.79 Å². The van der Waals surface area contributed by atoms with Crippen molar-refractivity contribution in [1.29, 1.82) is 0 Å². The number of amides is 2. The van der Waals surface area contributed by atoms with Gasteiger partial charge in [-0.05, 0) is 35.4 Å². The van der Waals surface area contributed by atoms with Crippen molar-refractivity contribution in [3.8, 4) is 5.75 Å². The maximum absolute atomic E-state index is 12.8. The van der Waals surface area contributed by atoms with Crippen molar-refractivity contribution in [2.24, 2.45) is 0 Å². The Morgan fingerprint density at radius 2 is 1.97 bits per heavy atom. The molecule has 1 atom stereocenters. The SMILES string of the molecule is COc1ccc(/C=C2\SC(=S)N(CCC(=O)NC(Cc3c[nH]c4ccccc34)C(=O)O)C2=O)cc1. The molecular formula is C25H23N3O5S2. The lowest BCUT2D eigenvalue weighted by Gasteiger charge is -2.17. The van der Waals surface area contributed by atoms with Gasteiger partial charge in [0.1, 0.15) is 16.1 Å². The van der Waals surface area contributed by atoms with Crippen LogP contribution < -0.4 is 10.1 Å². The second-order valence-corrected chi connectivity index (χ2v) is 9.55. The normalized spacial score (nSPS) is 15.6. The van der Waals surface area contributed by atoms with E-state index in [0.29, 0.717) is 15.0 Å². The van der Waals surface area contributed by atoms with Crippen molar-refractivity contribution >= 4 is 63.1 Å². The minimum absolute atomic E-state index is 0.0654. The van der Waals surface area contributed by atoms with Gasteiger partial charge in [0.2, 0.25) is 5.91 Å². The summed E-state index contributed by atoms with van der Waals surface area (Å²) in [6.45, 7) is 0.0654. The Hall–Kier alpha value is -3.63. The number of aromatic amines is 1. The van der Waals surface area contributed by atoms with Crippen LogP contribution in [0.25, 0.3) is 17.0 Å². The Morgan fingerprint density at radius 1 is 1.23 bits per heavy atom. The summed E-state index contributed by atoms with van der Waals surface area (Å²) in [7, 11) is 1.58. The first-order chi connectivity index (χ1) is 16.9. The zero-order chi connectivity index (χ0) is 24.9. The molecule has 35 heavy (non-hydrogen) atoms. The lowest BCUT2D eigenvalue weighted by molar-refractivity contribution is -0.141. The van der Waals surface area contributed by atoms with Crippen molar-refractivity contribution in [1.82, 2.24) is 15.2 Å². The van der Waals surface area contributed by atoms with Gasteiger partial charge in [-0.1, -0.05) is 54.3 Å². The number of H-pyrrole nitrogens is 1. The van der Waals surface area contributed by atoms with Gasteiger partial charge in [0, 0.05) is 36.5 Å². The molecule has 1 aliphatic heterocycles. The number of hydrogen-bond donors (Lipinski definition) is 3. The van der Waals surface area contributed by atoms with Gasteiger partial charge in [0.25, 0.3) is 5.91 Å². The summed E-state index contributed by atoms with van der Waals surface area (Å²) in [5.41, 5.74) is 2.52. The molecule has 4 rings (SSSR count). The molecule has 3 N–H and O–H groups in total. The van der Waals surface area contributed by atoms with E-state index < -0.39 is 17.9 Å². The van der Waals surface area contributed by atoms with Gasteiger partial charge in [0.05, 0.1) is 12.0 Å². The number of benzene rings is 2. The minimum Gasteiger partial charge on any atom is -0.497 e. The molecule has 1 unspecified atom stereocenters. The number of carboxylic acid groups (broad SMARTS) is 1. The molecular weight excluding hydrogens is 486 g/mol. The predicted molar refractivity (Wildman–Crippen MR) is 139 cm³/mol. The molecule has 2 amide bonds. The molecule has 0 saturated carbocycles. The number of thiocarbonyl (C=S) groups is 1. The zero-order valence-corrected chi connectivity index (χ0v) is 20.4. The molecule has 0 aliphatic carbocycles. The van der Waals surface area contributed by atoms with E-state index in [1.165, 1.54) is 16.7 Å². The Bertz CT molecular complexity index is 1320. The third-order valence-electron chi connectivity index (χ3n) is 5.58. The second kappa shape index (κ2) is 10.7. The summed E-state index contributed by atoms with van der Waals surface area (Å²) in [5.74, 6) is -1.16. The topological polar surface area (TPSA) is 112 Å². The summed E-state index contributed by atoms with van der Waals surface area (Å²) in [5, 5.41) is 13.1. The van der Waals surface area contributed by atoms with Crippen LogP contribution in [0.2, 0.25) is 0 Å². The summed E-state index contributed by atoms with van der Waals surface area (Å²) in [6, 6.07) is 13.7.